The minimum Gasteiger partial charge on any atom is -0.341 e. The highest BCUT2D eigenvalue weighted by Gasteiger charge is 2.32. The Balaban J connectivity index is 1.51. The molecule has 2 amide bonds. The molecule has 0 saturated carbocycles. The van der Waals surface area contributed by atoms with Gasteiger partial charge in [-0.25, -0.2) is 0 Å². The van der Waals surface area contributed by atoms with Gasteiger partial charge in [-0.1, -0.05) is 6.92 Å². The summed E-state index contributed by atoms with van der Waals surface area (Å²) in [4.78, 5) is 28.9. The zero-order valence-corrected chi connectivity index (χ0v) is 14.9. The van der Waals surface area contributed by atoms with Crippen LogP contribution >= 0.6 is 0 Å². The van der Waals surface area contributed by atoms with Crippen molar-refractivity contribution in [2.75, 3.05) is 45.8 Å². The van der Waals surface area contributed by atoms with Gasteiger partial charge in [-0.3, -0.25) is 9.59 Å². The summed E-state index contributed by atoms with van der Waals surface area (Å²) < 4.78 is 0. The van der Waals surface area contributed by atoms with Crippen molar-refractivity contribution in [1.29, 1.82) is 0 Å². The second-order valence-electron chi connectivity index (χ2n) is 7.67. The molecule has 2 atom stereocenters. The zero-order valence-electron chi connectivity index (χ0n) is 14.9. The molecule has 0 radical (unpaired) electrons. The summed E-state index contributed by atoms with van der Waals surface area (Å²) in [6.45, 7) is 8.06. The number of likely N-dealkylation sites (tertiary alicyclic amines) is 1. The van der Waals surface area contributed by atoms with Crippen molar-refractivity contribution in [3.05, 3.63) is 0 Å². The van der Waals surface area contributed by atoms with Crippen LogP contribution in [0.4, 0.5) is 0 Å². The zero-order chi connectivity index (χ0) is 16.9. The fraction of sp³-hybridized carbons (Fsp3) is 0.889. The van der Waals surface area contributed by atoms with Gasteiger partial charge in [0.25, 0.3) is 0 Å². The van der Waals surface area contributed by atoms with Crippen molar-refractivity contribution in [2.45, 2.75) is 45.1 Å². The number of amides is 2. The van der Waals surface area contributed by atoms with Gasteiger partial charge in [0.05, 0.1) is 6.54 Å². The van der Waals surface area contributed by atoms with E-state index in [1.807, 2.05) is 9.80 Å². The highest BCUT2D eigenvalue weighted by molar-refractivity contribution is 5.80. The average Bonchev–Trinajstić information content (AvgIpc) is 2.63. The smallest absolute Gasteiger partial charge is 0.236 e. The van der Waals surface area contributed by atoms with E-state index in [0.29, 0.717) is 24.8 Å². The van der Waals surface area contributed by atoms with E-state index < -0.39 is 0 Å². The fourth-order valence-corrected chi connectivity index (χ4v) is 4.43. The lowest BCUT2D eigenvalue weighted by Crippen LogP contribution is -2.57. The molecule has 6 heteroatoms. The number of hydrogen-bond donors (Lipinski definition) is 2. The lowest BCUT2D eigenvalue weighted by molar-refractivity contribution is -0.141. The summed E-state index contributed by atoms with van der Waals surface area (Å²) in [7, 11) is 0. The van der Waals surface area contributed by atoms with E-state index in [2.05, 4.69) is 17.6 Å². The predicted molar refractivity (Wildman–Crippen MR) is 93.6 cm³/mol. The fourth-order valence-electron chi connectivity index (χ4n) is 4.43. The second-order valence-corrected chi connectivity index (χ2v) is 7.67. The van der Waals surface area contributed by atoms with Crippen LogP contribution in [-0.2, 0) is 9.59 Å². The molecule has 0 aromatic rings. The number of carbonyl (C=O) groups excluding carboxylic acids is 2. The average molecular weight is 336 g/mol. The first-order valence-electron chi connectivity index (χ1n) is 9.64. The molecule has 3 heterocycles. The monoisotopic (exact) mass is 336 g/mol. The molecule has 24 heavy (non-hydrogen) atoms. The van der Waals surface area contributed by atoms with Crippen molar-refractivity contribution in [3.63, 3.8) is 0 Å². The molecular formula is C18H32N4O2. The van der Waals surface area contributed by atoms with Crippen LogP contribution in [0.15, 0.2) is 0 Å². The molecule has 3 rings (SSSR count). The van der Waals surface area contributed by atoms with Gasteiger partial charge in [-0.15, -0.1) is 0 Å². The molecule has 0 aromatic carbocycles. The minimum absolute atomic E-state index is 0.184. The predicted octanol–water partition coefficient (Wildman–Crippen LogP) is 0.435. The van der Waals surface area contributed by atoms with Crippen molar-refractivity contribution < 1.29 is 9.59 Å². The maximum atomic E-state index is 12.8. The van der Waals surface area contributed by atoms with Crippen LogP contribution in [-0.4, -0.2) is 73.5 Å². The van der Waals surface area contributed by atoms with Crippen LogP contribution in [0.1, 0.15) is 39.0 Å². The largest absolute Gasteiger partial charge is 0.341 e. The molecule has 0 aliphatic carbocycles. The molecular weight excluding hydrogens is 304 g/mol. The van der Waals surface area contributed by atoms with Gasteiger partial charge in [0, 0.05) is 38.6 Å². The van der Waals surface area contributed by atoms with E-state index in [0.717, 1.165) is 52.1 Å². The SMILES string of the molecule is CC(CC(=O)N1CCCC(N2CCNCC2=O)C1)C1CCNCC1. The quantitative estimate of drug-likeness (QED) is 0.782. The third kappa shape index (κ3) is 4.28. The van der Waals surface area contributed by atoms with Gasteiger partial charge in [-0.05, 0) is 50.6 Å². The molecule has 0 bridgehead atoms. The van der Waals surface area contributed by atoms with Crippen molar-refractivity contribution in [2.24, 2.45) is 11.8 Å². The summed E-state index contributed by atoms with van der Waals surface area (Å²) in [6, 6.07) is 0.214. The van der Waals surface area contributed by atoms with Crippen molar-refractivity contribution in [3.8, 4) is 0 Å². The molecule has 0 spiro atoms. The lowest BCUT2D eigenvalue weighted by atomic mass is 9.83. The molecule has 136 valence electrons. The number of nitrogens with one attached hydrogen (secondary N) is 2. The highest BCUT2D eigenvalue weighted by atomic mass is 16.2. The summed E-state index contributed by atoms with van der Waals surface area (Å²) in [5.41, 5.74) is 0. The molecule has 3 aliphatic heterocycles. The third-order valence-corrected chi connectivity index (χ3v) is 6.00. The Bertz CT molecular complexity index is 450. The van der Waals surface area contributed by atoms with E-state index in [9.17, 15) is 9.59 Å². The standard InChI is InChI=1S/C18H32N4O2/c1-14(15-4-6-19-7-5-15)11-17(23)21-9-2-3-16(13-21)22-10-8-20-12-18(22)24/h14-16,19-20H,2-13H2,1H3. The summed E-state index contributed by atoms with van der Waals surface area (Å²) in [6.07, 6.45) is 5.07. The van der Waals surface area contributed by atoms with Gasteiger partial charge in [0.15, 0.2) is 0 Å². The van der Waals surface area contributed by atoms with Crippen LogP contribution in [0.5, 0.6) is 0 Å². The van der Waals surface area contributed by atoms with Crippen LogP contribution in [0.2, 0.25) is 0 Å². The summed E-state index contributed by atoms with van der Waals surface area (Å²) in [5, 5.41) is 6.52. The number of piperidine rings is 2. The van der Waals surface area contributed by atoms with Crippen LogP contribution < -0.4 is 10.6 Å². The maximum absolute atomic E-state index is 12.8. The van der Waals surface area contributed by atoms with Crippen molar-refractivity contribution in [1.82, 2.24) is 20.4 Å². The third-order valence-electron chi connectivity index (χ3n) is 6.00. The van der Waals surface area contributed by atoms with Gasteiger partial charge in [0.1, 0.15) is 0 Å². The second kappa shape index (κ2) is 8.30. The molecule has 2 N–H and O–H groups in total. The number of hydrogen-bond acceptors (Lipinski definition) is 4. The normalized spacial score (nSPS) is 28.0. The lowest BCUT2D eigenvalue weighted by Gasteiger charge is -2.41. The van der Waals surface area contributed by atoms with E-state index in [4.69, 9.17) is 0 Å². The first kappa shape index (κ1) is 17.7. The molecule has 3 saturated heterocycles. The van der Waals surface area contributed by atoms with Crippen LogP contribution in [0.3, 0.4) is 0 Å². The first-order chi connectivity index (χ1) is 11.6. The maximum Gasteiger partial charge on any atom is 0.236 e. The van der Waals surface area contributed by atoms with E-state index in [1.165, 1.54) is 12.8 Å². The number of nitrogens with zero attached hydrogens (tertiary/aromatic N) is 2. The number of rotatable bonds is 4. The Morgan fingerprint density at radius 1 is 1.17 bits per heavy atom. The molecule has 0 aromatic heterocycles. The van der Waals surface area contributed by atoms with E-state index in [-0.39, 0.29) is 17.9 Å². The van der Waals surface area contributed by atoms with Crippen LogP contribution in [0.25, 0.3) is 0 Å². The first-order valence-corrected chi connectivity index (χ1v) is 9.64. The molecule has 3 fully saturated rings. The van der Waals surface area contributed by atoms with Crippen molar-refractivity contribution >= 4 is 11.8 Å². The minimum atomic E-state index is 0.184. The van der Waals surface area contributed by atoms with Gasteiger partial charge in [0.2, 0.25) is 11.8 Å². The Kier molecular flexibility index (Phi) is 6.11. The van der Waals surface area contributed by atoms with E-state index >= 15 is 0 Å². The van der Waals surface area contributed by atoms with E-state index in [1.54, 1.807) is 0 Å². The Labute approximate surface area is 145 Å². The Morgan fingerprint density at radius 3 is 2.71 bits per heavy atom. The summed E-state index contributed by atoms with van der Waals surface area (Å²) in [5.74, 6) is 1.60. The number of piperazine rings is 1. The Morgan fingerprint density at radius 2 is 1.96 bits per heavy atom. The summed E-state index contributed by atoms with van der Waals surface area (Å²) >= 11 is 0. The van der Waals surface area contributed by atoms with Crippen LogP contribution in [0, 0.1) is 11.8 Å². The Hall–Kier alpha value is -1.14. The topological polar surface area (TPSA) is 64.7 Å². The van der Waals surface area contributed by atoms with Gasteiger partial charge >= 0.3 is 0 Å². The van der Waals surface area contributed by atoms with Gasteiger partial charge < -0.3 is 20.4 Å². The highest BCUT2D eigenvalue weighted by Crippen LogP contribution is 2.26. The molecule has 2 unspecified atom stereocenters. The molecule has 6 nitrogen and oxygen atoms in total. The van der Waals surface area contributed by atoms with Gasteiger partial charge in [-0.2, -0.15) is 0 Å². The molecule has 3 aliphatic rings. The number of carbonyl (C=O) groups is 2.